The van der Waals surface area contributed by atoms with Crippen LogP contribution in [0.25, 0.3) is 21.5 Å². The lowest BCUT2D eigenvalue weighted by Gasteiger charge is -2.24. The van der Waals surface area contributed by atoms with Crippen molar-refractivity contribution in [3.8, 4) is 0 Å². The Balaban J connectivity index is 1.37. The van der Waals surface area contributed by atoms with Gasteiger partial charge in [0.15, 0.2) is 30.0 Å². The molecule has 0 spiro atoms. The van der Waals surface area contributed by atoms with Gasteiger partial charge >= 0.3 is 0 Å². The van der Waals surface area contributed by atoms with Crippen molar-refractivity contribution in [3.63, 3.8) is 0 Å². The molecule has 30 nitrogen and oxygen atoms in total. The summed E-state index contributed by atoms with van der Waals surface area (Å²) in [4.78, 5) is 120. The molecule has 4 aromatic carbocycles. The van der Waals surface area contributed by atoms with Gasteiger partial charge in [0, 0.05) is 10.8 Å². The maximum atomic E-state index is 14.0. The Hall–Kier alpha value is -9.84. The number of hydrogen-bond acceptors (Lipinski definition) is 14. The molecule has 0 aromatic heterocycles. The molecule has 360 valence electrons. The third kappa shape index (κ3) is 12.7. The molecule has 5 rings (SSSR count). The molecular weight excluding hydrogens is 905 g/mol. The van der Waals surface area contributed by atoms with E-state index in [0.717, 1.165) is 21.5 Å². The van der Waals surface area contributed by atoms with E-state index in [1.807, 2.05) is 59.2 Å². The van der Waals surface area contributed by atoms with Gasteiger partial charge in [-0.2, -0.15) is 0 Å². The Morgan fingerprint density at radius 3 is 1.23 bits per heavy atom. The lowest BCUT2D eigenvalue weighted by molar-refractivity contribution is -0.136. The molecule has 0 fully saturated rings. The molecule has 1 aliphatic rings. The molecule has 0 saturated carbocycles. The van der Waals surface area contributed by atoms with Gasteiger partial charge in [0.25, 0.3) is 23.6 Å². The van der Waals surface area contributed by atoms with E-state index in [1.54, 1.807) is 6.07 Å². The average molecular weight is 951 g/mol. The minimum absolute atomic E-state index is 0.120. The van der Waals surface area contributed by atoms with Gasteiger partial charge < -0.3 is 89.0 Å². The Labute approximate surface area is 387 Å². The fourth-order valence-electron chi connectivity index (χ4n) is 6.35. The second kappa shape index (κ2) is 21.9. The summed E-state index contributed by atoms with van der Waals surface area (Å²) in [7, 11) is 0. The van der Waals surface area contributed by atoms with Crippen LogP contribution in [0.4, 0.5) is 0 Å². The van der Waals surface area contributed by atoms with E-state index in [4.69, 9.17) is 57.3 Å². The van der Waals surface area contributed by atoms with E-state index in [-0.39, 0.29) is 11.5 Å². The Morgan fingerprint density at radius 2 is 0.826 bits per heavy atom. The highest BCUT2D eigenvalue weighted by molar-refractivity contribution is 6.09. The zero-order valence-corrected chi connectivity index (χ0v) is 35.8. The maximum Gasteiger partial charge on any atom is 0.272 e. The van der Waals surface area contributed by atoms with Gasteiger partial charge in [-0.25, -0.2) is 34.9 Å². The summed E-state index contributed by atoms with van der Waals surface area (Å²) in [6, 6.07) is 18.7. The van der Waals surface area contributed by atoms with E-state index < -0.39 is 108 Å². The number of guanidine groups is 5. The molecule has 7 atom stereocenters. The molecule has 30 heteroatoms. The predicted molar refractivity (Wildman–Crippen MR) is 248 cm³/mol. The number of nitrogens with one attached hydrogen (secondary N) is 5. The van der Waals surface area contributed by atoms with E-state index in [9.17, 15) is 38.7 Å². The van der Waals surface area contributed by atoms with Crippen LogP contribution in [-0.4, -0.2) is 113 Å². The molecule has 0 bridgehead atoms. The number of benzene rings is 4. The van der Waals surface area contributed by atoms with Gasteiger partial charge in [-0.15, -0.1) is 0 Å². The SMILES string of the molecule is NC(=O)C(N)C(=O)C(N=C(N)N)NC(=O)C(N=C(N)N)NC(=O)C(N=C(N)N)NC(=O)C(N=C(N)N)NC(=O)C(NC(=O)C(O)N=C1N=c2c(c3ccccc3c3ccccc23)=N1)c1ccccc1. The number of rotatable bonds is 19. The van der Waals surface area contributed by atoms with E-state index in [1.165, 1.54) is 24.3 Å². The molecule has 6 amide bonds. The van der Waals surface area contributed by atoms with E-state index in [2.05, 4.69) is 50.9 Å². The van der Waals surface area contributed by atoms with Crippen LogP contribution in [0.1, 0.15) is 11.6 Å². The van der Waals surface area contributed by atoms with Gasteiger partial charge in [-0.1, -0.05) is 78.9 Å². The van der Waals surface area contributed by atoms with Crippen LogP contribution in [0, 0.1) is 0 Å². The van der Waals surface area contributed by atoms with Crippen molar-refractivity contribution >= 4 is 92.6 Å². The minimum Gasteiger partial charge on any atom is -0.370 e. The largest absolute Gasteiger partial charge is 0.370 e. The zero-order valence-electron chi connectivity index (χ0n) is 35.8. The van der Waals surface area contributed by atoms with E-state index >= 15 is 0 Å². The van der Waals surface area contributed by atoms with Crippen molar-refractivity contribution in [1.82, 2.24) is 26.6 Å². The molecule has 26 N–H and O–H groups in total. The zero-order chi connectivity index (χ0) is 50.7. The lowest BCUT2D eigenvalue weighted by atomic mass is 10.0. The molecule has 4 aromatic rings. The van der Waals surface area contributed by atoms with Gasteiger partial charge in [0.2, 0.25) is 48.3 Å². The number of carbonyl (C=O) groups excluding carboxylic acids is 7. The summed E-state index contributed by atoms with van der Waals surface area (Å²) in [5.41, 5.74) is 54.4. The molecule has 0 radical (unpaired) electrons. The minimum atomic E-state index is -2.20. The van der Waals surface area contributed by atoms with E-state index in [0.29, 0.717) is 10.7 Å². The van der Waals surface area contributed by atoms with Crippen LogP contribution in [0.15, 0.2) is 114 Å². The fraction of sp³-hybridized carbons (Fsp3) is 0.179. The highest BCUT2D eigenvalue weighted by Gasteiger charge is 2.35. The first-order chi connectivity index (χ1) is 32.6. The summed E-state index contributed by atoms with van der Waals surface area (Å²) in [6.45, 7) is 0. The van der Waals surface area contributed by atoms with Crippen LogP contribution in [-0.2, 0) is 33.6 Å². The number of fused-ring (bicyclic) bond motifs is 6. The molecule has 0 saturated heterocycles. The number of ketones is 1. The summed E-state index contributed by atoms with van der Waals surface area (Å²) in [5.74, 6) is -12.7. The number of nitrogens with zero attached hydrogens (tertiary/aromatic N) is 7. The fourth-order valence-corrected chi connectivity index (χ4v) is 6.35. The molecule has 1 heterocycles. The Morgan fingerprint density at radius 1 is 0.464 bits per heavy atom. The third-order valence-corrected chi connectivity index (χ3v) is 9.31. The van der Waals surface area contributed by atoms with Crippen molar-refractivity contribution in [2.45, 2.75) is 43.0 Å². The number of aliphatic hydroxyl groups excluding tert-OH is 1. The standard InChI is InChI=1S/C39H46N22O8/c40-19(24(41)63)23(62)25(57-35(42)43)53-30(65)27(59-37(46)47)55-32(67)28(60-38(48)49)56-31(66)26(58-36(44)45)54-29(64)20(14-8-2-1-3-9-14)50-33(68)34(69)61-39-51-21-17-12-6-4-10-15(17)16-11-5-7-13-18(16)22(21)52-39/h1-13,19-20,25-28,34,69H,40H2,(H2,41,63)(H,50,68)(H,53,65)(H,54,64)(H,55,67)(H,56,66)(H4,42,43,57)(H4,44,45,58)(H4,46,47,59)(H4,48,49,60). The number of Topliss-reactive ketones (excluding diaryl/α,β-unsaturated/α-hetero) is 1. The third-order valence-electron chi connectivity index (χ3n) is 9.31. The van der Waals surface area contributed by atoms with Crippen molar-refractivity contribution in [2.75, 3.05) is 0 Å². The Kier molecular flexibility index (Phi) is 15.9. The van der Waals surface area contributed by atoms with Crippen molar-refractivity contribution in [1.29, 1.82) is 0 Å². The quantitative estimate of drug-likeness (QED) is 0.0180. The van der Waals surface area contributed by atoms with Crippen LogP contribution in [0.5, 0.6) is 0 Å². The first-order valence-electron chi connectivity index (χ1n) is 19.8. The van der Waals surface area contributed by atoms with Crippen LogP contribution in [0.3, 0.4) is 0 Å². The average Bonchev–Trinajstić information content (AvgIpc) is 3.73. The van der Waals surface area contributed by atoms with Crippen molar-refractivity contribution in [2.24, 2.45) is 92.3 Å². The van der Waals surface area contributed by atoms with Crippen LogP contribution >= 0.6 is 0 Å². The summed E-state index contributed by atoms with van der Waals surface area (Å²) in [5, 5.41) is 25.9. The summed E-state index contributed by atoms with van der Waals surface area (Å²) in [6.07, 6.45) is -10.8. The molecule has 7 unspecified atom stereocenters. The van der Waals surface area contributed by atoms with Gasteiger partial charge in [0.05, 0.1) is 0 Å². The molecular formula is C39H46N22O8. The molecule has 69 heavy (non-hydrogen) atoms. The van der Waals surface area contributed by atoms with Crippen LogP contribution in [0.2, 0.25) is 0 Å². The number of amides is 6. The van der Waals surface area contributed by atoms with Crippen LogP contribution < -0.4 is 94.6 Å². The number of aliphatic hydroxyl groups is 1. The topological polar surface area (TPSA) is 547 Å². The smallest absolute Gasteiger partial charge is 0.272 e. The van der Waals surface area contributed by atoms with Gasteiger partial charge in [0.1, 0.15) is 22.8 Å². The Bertz CT molecular complexity index is 2900. The summed E-state index contributed by atoms with van der Waals surface area (Å²) >= 11 is 0. The van der Waals surface area contributed by atoms with Crippen molar-refractivity contribution in [3.05, 3.63) is 95.1 Å². The maximum absolute atomic E-state index is 14.0. The number of aliphatic imine (C=N–C) groups is 5. The lowest BCUT2D eigenvalue weighted by Crippen LogP contribution is -2.59. The van der Waals surface area contributed by atoms with Crippen molar-refractivity contribution < 1.29 is 38.7 Å². The number of carbonyl (C=O) groups is 7. The molecule has 0 aliphatic carbocycles. The highest BCUT2D eigenvalue weighted by atomic mass is 16.3. The monoisotopic (exact) mass is 950 g/mol. The number of nitrogens with two attached hydrogens (primary N) is 10. The van der Waals surface area contributed by atoms with Gasteiger partial charge in [-0.05, 0) is 16.3 Å². The first-order valence-corrected chi connectivity index (χ1v) is 19.8. The highest BCUT2D eigenvalue weighted by Crippen LogP contribution is 2.21. The first kappa shape index (κ1) is 50.2. The normalized spacial score (nSPS) is 14.4. The molecule has 1 aliphatic heterocycles. The second-order valence-corrected chi connectivity index (χ2v) is 14.3. The number of primary amides is 1. The number of hydrogen-bond donors (Lipinski definition) is 16. The summed E-state index contributed by atoms with van der Waals surface area (Å²) < 4.78 is 0. The van der Waals surface area contributed by atoms with Gasteiger partial charge in [-0.3, -0.25) is 33.6 Å². The second-order valence-electron chi connectivity index (χ2n) is 14.3. The predicted octanol–water partition coefficient (Wildman–Crippen LogP) is -8.98.